The number of aromatic nitrogens is 1. The molecule has 1 heterocycles. The molecule has 0 aromatic carbocycles. The number of pyridine rings is 1. The third-order valence-electron chi connectivity index (χ3n) is 4.21. The molecule has 0 radical (unpaired) electrons. The summed E-state index contributed by atoms with van der Waals surface area (Å²) in [5.74, 6) is 2.64. The van der Waals surface area contributed by atoms with Crippen molar-refractivity contribution in [3.05, 3.63) is 34.7 Å². The molecule has 3 atom stereocenters. The summed E-state index contributed by atoms with van der Waals surface area (Å²) < 4.78 is 1.88. The van der Waals surface area contributed by atoms with Gasteiger partial charge in [0.1, 0.15) is 0 Å². The van der Waals surface area contributed by atoms with E-state index in [1.807, 2.05) is 22.9 Å². The van der Waals surface area contributed by atoms with E-state index in [4.69, 9.17) is 0 Å². The van der Waals surface area contributed by atoms with Crippen molar-refractivity contribution in [2.24, 2.45) is 17.8 Å². The number of nitrogens with zero attached hydrogens (tertiary/aromatic N) is 1. The van der Waals surface area contributed by atoms with Gasteiger partial charge in [0.25, 0.3) is 5.56 Å². The fourth-order valence-corrected chi connectivity index (χ4v) is 3.46. The number of hydrogen-bond donors (Lipinski definition) is 0. The predicted molar refractivity (Wildman–Crippen MR) is 59.6 cm³/mol. The van der Waals surface area contributed by atoms with Crippen LogP contribution in [0, 0.1) is 17.8 Å². The van der Waals surface area contributed by atoms with E-state index in [0.717, 1.165) is 24.3 Å². The first-order valence-electron chi connectivity index (χ1n) is 5.98. The van der Waals surface area contributed by atoms with E-state index < -0.39 is 0 Å². The van der Waals surface area contributed by atoms with Gasteiger partial charge in [-0.3, -0.25) is 4.79 Å². The van der Waals surface area contributed by atoms with Gasteiger partial charge in [0.2, 0.25) is 0 Å². The largest absolute Gasteiger partial charge is 0.315 e. The van der Waals surface area contributed by atoms with Crippen molar-refractivity contribution in [2.45, 2.75) is 32.2 Å². The van der Waals surface area contributed by atoms with Crippen molar-refractivity contribution in [2.75, 3.05) is 0 Å². The van der Waals surface area contributed by atoms with E-state index in [2.05, 4.69) is 0 Å². The van der Waals surface area contributed by atoms with Crippen LogP contribution in [0.2, 0.25) is 0 Å². The third-order valence-corrected chi connectivity index (χ3v) is 4.21. The van der Waals surface area contributed by atoms with Crippen LogP contribution in [0.3, 0.4) is 0 Å². The maximum absolute atomic E-state index is 11.6. The van der Waals surface area contributed by atoms with E-state index >= 15 is 0 Å². The number of hydrogen-bond acceptors (Lipinski definition) is 1. The summed E-state index contributed by atoms with van der Waals surface area (Å²) >= 11 is 0. The quantitative estimate of drug-likeness (QED) is 0.722. The monoisotopic (exact) mass is 203 g/mol. The molecule has 2 saturated carbocycles. The van der Waals surface area contributed by atoms with Gasteiger partial charge in [-0.15, -0.1) is 0 Å². The van der Waals surface area contributed by atoms with Crippen molar-refractivity contribution in [1.29, 1.82) is 0 Å². The summed E-state index contributed by atoms with van der Waals surface area (Å²) in [4.78, 5) is 11.6. The number of rotatable bonds is 2. The van der Waals surface area contributed by atoms with Crippen LogP contribution in [0.4, 0.5) is 0 Å². The molecule has 2 aliphatic carbocycles. The molecule has 3 rings (SSSR count). The number of fused-ring (bicyclic) bond motifs is 2. The van der Waals surface area contributed by atoms with Gasteiger partial charge in [-0.2, -0.15) is 0 Å². The fraction of sp³-hybridized carbons (Fsp3) is 0.615. The summed E-state index contributed by atoms with van der Waals surface area (Å²) in [6.45, 7) is 0.945. The Balaban J connectivity index is 1.76. The Morgan fingerprint density at radius 3 is 2.87 bits per heavy atom. The van der Waals surface area contributed by atoms with E-state index in [1.165, 1.54) is 25.7 Å². The van der Waals surface area contributed by atoms with Gasteiger partial charge in [-0.1, -0.05) is 12.5 Å². The lowest BCUT2D eigenvalue weighted by Crippen LogP contribution is -2.25. The second-order valence-electron chi connectivity index (χ2n) is 5.13. The standard InChI is InChI=1S/C13H17NO/c15-13-3-1-2-6-14(13)9-12-8-10-4-5-11(12)7-10/h1-3,6,10-12H,4-5,7-9H2. The van der Waals surface area contributed by atoms with Crippen LogP contribution >= 0.6 is 0 Å². The van der Waals surface area contributed by atoms with Crippen LogP contribution < -0.4 is 5.56 Å². The Hall–Kier alpha value is -1.05. The van der Waals surface area contributed by atoms with Crippen LogP contribution in [0.15, 0.2) is 29.2 Å². The molecule has 1 aromatic heterocycles. The van der Waals surface area contributed by atoms with Gasteiger partial charge in [0.15, 0.2) is 0 Å². The highest BCUT2D eigenvalue weighted by Crippen LogP contribution is 2.48. The van der Waals surface area contributed by atoms with E-state index in [9.17, 15) is 4.79 Å². The van der Waals surface area contributed by atoms with Crippen molar-refractivity contribution >= 4 is 0 Å². The first-order chi connectivity index (χ1) is 7.33. The molecule has 15 heavy (non-hydrogen) atoms. The van der Waals surface area contributed by atoms with Crippen LogP contribution in [0.25, 0.3) is 0 Å². The first-order valence-corrected chi connectivity index (χ1v) is 5.98. The van der Waals surface area contributed by atoms with Crippen molar-refractivity contribution in [3.63, 3.8) is 0 Å². The summed E-state index contributed by atoms with van der Waals surface area (Å²) in [7, 11) is 0. The van der Waals surface area contributed by atoms with Crippen LogP contribution in [-0.2, 0) is 6.54 Å². The topological polar surface area (TPSA) is 22.0 Å². The Morgan fingerprint density at radius 1 is 1.27 bits per heavy atom. The maximum Gasteiger partial charge on any atom is 0.250 e. The molecule has 0 aliphatic heterocycles. The molecule has 2 nitrogen and oxygen atoms in total. The second kappa shape index (κ2) is 3.51. The van der Waals surface area contributed by atoms with E-state index in [-0.39, 0.29) is 5.56 Å². The molecule has 1 aromatic rings. The summed E-state index contributed by atoms with van der Waals surface area (Å²) in [5.41, 5.74) is 0.153. The molecule has 2 heteroatoms. The van der Waals surface area contributed by atoms with Crippen molar-refractivity contribution < 1.29 is 0 Å². The minimum Gasteiger partial charge on any atom is -0.315 e. The normalized spacial score (nSPS) is 33.5. The molecule has 2 bridgehead atoms. The average molecular weight is 203 g/mol. The fourth-order valence-electron chi connectivity index (χ4n) is 3.46. The minimum absolute atomic E-state index is 0.153. The highest BCUT2D eigenvalue weighted by Gasteiger charge is 2.39. The minimum atomic E-state index is 0.153. The smallest absolute Gasteiger partial charge is 0.250 e. The molecule has 3 unspecified atom stereocenters. The molecule has 2 aliphatic rings. The lowest BCUT2D eigenvalue weighted by molar-refractivity contribution is 0.293. The van der Waals surface area contributed by atoms with E-state index in [0.29, 0.717) is 0 Å². The molecule has 0 spiro atoms. The Labute approximate surface area is 89.9 Å². The zero-order valence-corrected chi connectivity index (χ0v) is 8.93. The molecule has 2 fully saturated rings. The molecular weight excluding hydrogens is 186 g/mol. The van der Waals surface area contributed by atoms with Gasteiger partial charge in [0, 0.05) is 18.8 Å². The van der Waals surface area contributed by atoms with Gasteiger partial charge in [-0.05, 0) is 43.1 Å². The van der Waals surface area contributed by atoms with Crippen LogP contribution in [0.5, 0.6) is 0 Å². The molecule has 0 amide bonds. The van der Waals surface area contributed by atoms with Crippen LogP contribution in [-0.4, -0.2) is 4.57 Å². The zero-order valence-electron chi connectivity index (χ0n) is 8.93. The average Bonchev–Trinajstić information content (AvgIpc) is 2.83. The lowest BCUT2D eigenvalue weighted by atomic mass is 9.89. The Kier molecular flexibility index (Phi) is 2.15. The molecule has 0 saturated heterocycles. The summed E-state index contributed by atoms with van der Waals surface area (Å²) in [6.07, 6.45) is 7.54. The SMILES string of the molecule is O=c1ccccn1CC1CC2CCC1C2. The predicted octanol–water partition coefficient (Wildman–Crippen LogP) is 2.28. The van der Waals surface area contributed by atoms with Gasteiger partial charge in [0.05, 0.1) is 0 Å². The second-order valence-corrected chi connectivity index (χ2v) is 5.13. The van der Waals surface area contributed by atoms with Gasteiger partial charge in [-0.25, -0.2) is 0 Å². The third kappa shape index (κ3) is 1.62. The van der Waals surface area contributed by atoms with Gasteiger partial charge >= 0.3 is 0 Å². The first kappa shape index (κ1) is 9.20. The Bertz CT molecular complexity index is 409. The van der Waals surface area contributed by atoms with Gasteiger partial charge < -0.3 is 4.57 Å². The summed E-state index contributed by atoms with van der Waals surface area (Å²) in [5, 5.41) is 0. The molecule has 0 N–H and O–H groups in total. The lowest BCUT2D eigenvalue weighted by Gasteiger charge is -2.22. The highest BCUT2D eigenvalue weighted by molar-refractivity contribution is 4.96. The maximum atomic E-state index is 11.6. The Morgan fingerprint density at radius 2 is 2.20 bits per heavy atom. The summed E-state index contributed by atoms with van der Waals surface area (Å²) in [6, 6.07) is 5.43. The van der Waals surface area contributed by atoms with Crippen molar-refractivity contribution in [3.8, 4) is 0 Å². The van der Waals surface area contributed by atoms with Crippen LogP contribution in [0.1, 0.15) is 25.7 Å². The highest BCUT2D eigenvalue weighted by atomic mass is 16.1. The zero-order chi connectivity index (χ0) is 10.3. The molecule has 80 valence electrons. The van der Waals surface area contributed by atoms with Crippen molar-refractivity contribution in [1.82, 2.24) is 4.57 Å². The molecular formula is C13H17NO. The van der Waals surface area contributed by atoms with E-state index in [1.54, 1.807) is 6.07 Å².